The van der Waals surface area contributed by atoms with Gasteiger partial charge in [0, 0.05) is 22.7 Å². The first-order valence-corrected chi connectivity index (χ1v) is 6.48. The number of carbonyl (C=O) groups excluding carboxylic acids is 1. The van der Waals surface area contributed by atoms with Crippen molar-refractivity contribution in [1.29, 1.82) is 0 Å². The van der Waals surface area contributed by atoms with Gasteiger partial charge in [-0.05, 0) is 18.2 Å². The molecule has 21 heavy (non-hydrogen) atoms. The minimum atomic E-state index is -4.82. The zero-order chi connectivity index (χ0) is 15.7. The van der Waals surface area contributed by atoms with Crippen LogP contribution in [0.4, 0.5) is 18.9 Å². The molecule has 0 spiro atoms. The lowest BCUT2D eigenvalue weighted by Crippen LogP contribution is -2.44. The molecule has 1 N–H and O–H groups in total. The van der Waals surface area contributed by atoms with E-state index < -0.39 is 24.3 Å². The number of benzene rings is 1. The predicted octanol–water partition coefficient (Wildman–Crippen LogP) is 3.48. The lowest BCUT2D eigenvalue weighted by molar-refractivity contribution is -0.256. The highest BCUT2D eigenvalue weighted by Crippen LogP contribution is 2.46. The maximum atomic E-state index is 13.6. The van der Waals surface area contributed by atoms with Crippen LogP contribution >= 0.6 is 11.6 Å². The Morgan fingerprint density at radius 2 is 2.19 bits per heavy atom. The Hall–Kier alpha value is -1.71. The van der Waals surface area contributed by atoms with Gasteiger partial charge in [-0.3, -0.25) is 4.79 Å². The number of fused-ring (bicyclic) bond motifs is 1. The van der Waals surface area contributed by atoms with Gasteiger partial charge in [-0.25, -0.2) is 0 Å². The molecular weight excluding hydrogens is 307 g/mol. The molecule has 1 atom stereocenters. The molecule has 0 aliphatic carbocycles. The lowest BCUT2D eigenvalue weighted by atomic mass is 9.91. The number of amides is 1. The van der Waals surface area contributed by atoms with E-state index in [1.54, 1.807) is 6.92 Å². The van der Waals surface area contributed by atoms with E-state index in [1.165, 1.54) is 12.1 Å². The van der Waals surface area contributed by atoms with Crippen molar-refractivity contribution in [1.82, 2.24) is 0 Å². The average Bonchev–Trinajstić information content (AvgIpc) is 2.53. The molecule has 1 amide bonds. The number of ether oxygens (including phenoxy) is 1. The molecule has 2 rings (SSSR count). The van der Waals surface area contributed by atoms with Crippen LogP contribution in [0, 0.1) is 11.8 Å². The van der Waals surface area contributed by atoms with Gasteiger partial charge in [0.2, 0.25) is 5.91 Å². The van der Waals surface area contributed by atoms with E-state index in [1.807, 2.05) is 0 Å². The van der Waals surface area contributed by atoms with Crippen molar-refractivity contribution in [3.05, 3.63) is 28.8 Å². The molecule has 0 unspecified atom stereocenters. The van der Waals surface area contributed by atoms with Gasteiger partial charge in [0.1, 0.15) is 6.61 Å². The minimum absolute atomic E-state index is 0.00960. The molecule has 0 saturated heterocycles. The lowest BCUT2D eigenvalue weighted by Gasteiger charge is -2.30. The first-order valence-electron chi connectivity index (χ1n) is 6.11. The monoisotopic (exact) mass is 317 g/mol. The second-order valence-corrected chi connectivity index (χ2v) is 4.80. The molecule has 0 aromatic heterocycles. The fourth-order valence-corrected chi connectivity index (χ4v) is 2.15. The topological polar surface area (TPSA) is 38.3 Å². The summed E-state index contributed by atoms with van der Waals surface area (Å²) in [6.07, 6.45) is -4.60. The maximum absolute atomic E-state index is 13.6. The highest BCUT2D eigenvalue weighted by Gasteiger charge is 2.59. The van der Waals surface area contributed by atoms with Crippen molar-refractivity contribution in [2.45, 2.75) is 25.1 Å². The molecule has 0 radical (unpaired) electrons. The largest absolute Gasteiger partial charge is 0.433 e. The molecule has 1 heterocycles. The van der Waals surface area contributed by atoms with Crippen LogP contribution in [-0.2, 0) is 15.1 Å². The Kier molecular flexibility index (Phi) is 4.17. The van der Waals surface area contributed by atoms with Gasteiger partial charge in [-0.1, -0.05) is 30.4 Å². The van der Waals surface area contributed by atoms with Crippen LogP contribution in [0.1, 0.15) is 18.9 Å². The number of nitrogens with one attached hydrogen (secondary N) is 1. The second-order valence-electron chi connectivity index (χ2n) is 4.36. The van der Waals surface area contributed by atoms with Crippen molar-refractivity contribution in [2.24, 2.45) is 0 Å². The standard InChI is InChI=1S/C14H11ClF3NO2/c1-2-3-6-13(14(16,17)18)10-7-9(15)4-5-11(10)19-12(20)8-21-13/h4-5,7H,2,8H2,1H3,(H,19,20)/t13-/m0/s1. The van der Waals surface area contributed by atoms with E-state index in [4.69, 9.17) is 16.3 Å². The Morgan fingerprint density at radius 1 is 1.48 bits per heavy atom. The SMILES string of the molecule is CCC#C[C@]1(C(F)(F)F)OCC(=O)Nc2ccc(Cl)cc21. The molecule has 0 saturated carbocycles. The van der Waals surface area contributed by atoms with Gasteiger partial charge >= 0.3 is 6.18 Å². The molecule has 0 fully saturated rings. The quantitative estimate of drug-likeness (QED) is 0.744. The number of hydrogen-bond acceptors (Lipinski definition) is 2. The molecule has 1 aromatic rings. The highest BCUT2D eigenvalue weighted by atomic mass is 35.5. The maximum Gasteiger partial charge on any atom is 0.433 e. The Bertz CT molecular complexity index is 633. The molecule has 3 nitrogen and oxygen atoms in total. The van der Waals surface area contributed by atoms with Gasteiger partial charge < -0.3 is 10.1 Å². The summed E-state index contributed by atoms with van der Waals surface area (Å²) in [6, 6.07) is 3.80. The van der Waals surface area contributed by atoms with E-state index >= 15 is 0 Å². The summed E-state index contributed by atoms with van der Waals surface area (Å²) in [7, 11) is 0. The fraction of sp³-hybridized carbons (Fsp3) is 0.357. The Labute approximate surface area is 124 Å². The first-order chi connectivity index (χ1) is 9.80. The number of hydrogen-bond donors (Lipinski definition) is 1. The van der Waals surface area contributed by atoms with Crippen LogP contribution in [0.25, 0.3) is 0 Å². The van der Waals surface area contributed by atoms with Crippen LogP contribution in [0.5, 0.6) is 0 Å². The van der Waals surface area contributed by atoms with Crippen LogP contribution in [0.2, 0.25) is 5.02 Å². The minimum Gasteiger partial charge on any atom is -0.340 e. The van der Waals surface area contributed by atoms with Crippen molar-refractivity contribution in [2.75, 3.05) is 11.9 Å². The van der Waals surface area contributed by atoms with E-state index in [9.17, 15) is 18.0 Å². The third-order valence-corrected chi connectivity index (χ3v) is 3.13. The first kappa shape index (κ1) is 15.7. The number of rotatable bonds is 0. The van der Waals surface area contributed by atoms with Crippen LogP contribution in [0.15, 0.2) is 18.2 Å². The number of anilines is 1. The van der Waals surface area contributed by atoms with Crippen molar-refractivity contribution in [3.63, 3.8) is 0 Å². The van der Waals surface area contributed by atoms with E-state index in [-0.39, 0.29) is 22.7 Å². The smallest absolute Gasteiger partial charge is 0.340 e. The fourth-order valence-electron chi connectivity index (χ4n) is 1.98. The summed E-state index contributed by atoms with van der Waals surface area (Å²) in [5.41, 5.74) is -3.19. The normalized spacial score (nSPS) is 21.7. The second kappa shape index (κ2) is 5.58. The summed E-state index contributed by atoms with van der Waals surface area (Å²) in [5.74, 6) is 3.83. The zero-order valence-corrected chi connectivity index (χ0v) is 11.7. The highest BCUT2D eigenvalue weighted by molar-refractivity contribution is 6.30. The molecular formula is C14H11ClF3NO2. The van der Waals surface area contributed by atoms with Crippen molar-refractivity contribution >= 4 is 23.2 Å². The van der Waals surface area contributed by atoms with Crippen LogP contribution < -0.4 is 5.32 Å². The Morgan fingerprint density at radius 3 is 2.81 bits per heavy atom. The number of halogens is 4. The molecule has 7 heteroatoms. The number of alkyl halides is 3. The molecule has 1 aliphatic rings. The summed E-state index contributed by atoms with van der Waals surface area (Å²) < 4.78 is 45.8. The van der Waals surface area contributed by atoms with Gasteiger partial charge in [0.15, 0.2) is 0 Å². The Balaban J connectivity index is 2.75. The zero-order valence-electron chi connectivity index (χ0n) is 11.0. The van der Waals surface area contributed by atoms with Gasteiger partial charge in [0.05, 0.1) is 0 Å². The average molecular weight is 318 g/mol. The van der Waals surface area contributed by atoms with Crippen LogP contribution in [0.3, 0.4) is 0 Å². The summed E-state index contributed by atoms with van der Waals surface area (Å²) in [4.78, 5) is 11.5. The summed E-state index contributed by atoms with van der Waals surface area (Å²) >= 11 is 5.79. The molecule has 0 bridgehead atoms. The van der Waals surface area contributed by atoms with Crippen molar-refractivity contribution in [3.8, 4) is 11.8 Å². The predicted molar refractivity (Wildman–Crippen MR) is 71.8 cm³/mol. The molecule has 1 aromatic carbocycles. The van der Waals surface area contributed by atoms with Crippen LogP contribution in [-0.4, -0.2) is 18.7 Å². The van der Waals surface area contributed by atoms with Gasteiger partial charge in [-0.15, -0.1) is 0 Å². The molecule has 1 aliphatic heterocycles. The summed E-state index contributed by atoms with van der Waals surface area (Å²) in [6.45, 7) is 0.875. The van der Waals surface area contributed by atoms with E-state index in [0.29, 0.717) is 0 Å². The molecule has 112 valence electrons. The third-order valence-electron chi connectivity index (χ3n) is 2.90. The summed E-state index contributed by atoms with van der Waals surface area (Å²) in [5, 5.41) is 2.46. The van der Waals surface area contributed by atoms with E-state index in [2.05, 4.69) is 17.2 Å². The number of carbonyl (C=O) groups is 1. The van der Waals surface area contributed by atoms with Crippen molar-refractivity contribution < 1.29 is 22.7 Å². The van der Waals surface area contributed by atoms with Gasteiger partial charge in [0.25, 0.3) is 5.60 Å². The van der Waals surface area contributed by atoms with Gasteiger partial charge in [-0.2, -0.15) is 13.2 Å². The third kappa shape index (κ3) is 2.85. The van der Waals surface area contributed by atoms with E-state index in [0.717, 1.165) is 6.07 Å².